The summed E-state index contributed by atoms with van der Waals surface area (Å²) in [5.41, 5.74) is 1.03. The van der Waals surface area contributed by atoms with Crippen LogP contribution in [0.5, 0.6) is 11.5 Å². The quantitative estimate of drug-likeness (QED) is 0.924. The Bertz CT molecular complexity index is 546. The van der Waals surface area contributed by atoms with Gasteiger partial charge in [-0.15, -0.1) is 0 Å². The van der Waals surface area contributed by atoms with Crippen LogP contribution in [0.1, 0.15) is 5.56 Å². The summed E-state index contributed by atoms with van der Waals surface area (Å²) in [6, 6.07) is 7.06. The highest BCUT2D eigenvalue weighted by molar-refractivity contribution is 6.42. The Hall–Kier alpha value is -1.29. The molecule has 0 aliphatic rings. The number of aromatic nitrogens is 1. The number of pyridine rings is 1. The molecule has 0 spiro atoms. The molecule has 0 aliphatic carbocycles. The Kier molecular flexibility index (Phi) is 4.42. The first-order valence-electron chi connectivity index (χ1n) is 5.41. The maximum atomic E-state index is 5.94. The van der Waals surface area contributed by atoms with Crippen LogP contribution >= 0.6 is 23.2 Å². The van der Waals surface area contributed by atoms with E-state index in [1.807, 2.05) is 13.1 Å². The van der Waals surface area contributed by atoms with Crippen LogP contribution in [-0.2, 0) is 6.54 Å². The molecule has 0 fully saturated rings. The molecule has 3 nitrogen and oxygen atoms in total. The van der Waals surface area contributed by atoms with Crippen molar-refractivity contribution in [1.82, 2.24) is 10.3 Å². The zero-order valence-corrected chi connectivity index (χ0v) is 11.3. The molecule has 1 aromatic heterocycles. The van der Waals surface area contributed by atoms with Crippen LogP contribution < -0.4 is 10.1 Å². The summed E-state index contributed by atoms with van der Waals surface area (Å²) < 4.78 is 5.75. The first-order valence-corrected chi connectivity index (χ1v) is 6.16. The summed E-state index contributed by atoms with van der Waals surface area (Å²) in [5.74, 6) is 1.33. The van der Waals surface area contributed by atoms with Crippen molar-refractivity contribution in [2.24, 2.45) is 0 Å². The van der Waals surface area contributed by atoms with E-state index in [1.165, 1.54) is 0 Å². The van der Waals surface area contributed by atoms with Crippen LogP contribution in [-0.4, -0.2) is 12.0 Å². The maximum Gasteiger partial charge on any atom is 0.150 e. The molecule has 0 saturated heterocycles. The number of benzene rings is 1. The fraction of sp³-hybridized carbons (Fsp3) is 0.154. The van der Waals surface area contributed by atoms with Gasteiger partial charge in [-0.25, -0.2) is 0 Å². The standard InChI is InChI=1S/C13H12Cl2N2O/c1-16-7-9-4-5-17-8-13(9)18-10-2-3-11(14)12(15)6-10/h2-6,8,16H,7H2,1H3. The third kappa shape index (κ3) is 3.13. The fourth-order valence-electron chi connectivity index (χ4n) is 1.50. The van der Waals surface area contributed by atoms with E-state index < -0.39 is 0 Å². The number of nitrogens with zero attached hydrogens (tertiary/aromatic N) is 1. The number of rotatable bonds is 4. The van der Waals surface area contributed by atoms with E-state index in [0.29, 0.717) is 28.1 Å². The molecule has 18 heavy (non-hydrogen) atoms. The Morgan fingerprint density at radius 2 is 2.06 bits per heavy atom. The largest absolute Gasteiger partial charge is 0.455 e. The Morgan fingerprint density at radius 1 is 1.22 bits per heavy atom. The lowest BCUT2D eigenvalue weighted by Crippen LogP contribution is -2.06. The average molecular weight is 283 g/mol. The molecule has 0 atom stereocenters. The average Bonchev–Trinajstić information content (AvgIpc) is 2.37. The predicted molar refractivity (Wildman–Crippen MR) is 73.5 cm³/mol. The van der Waals surface area contributed by atoms with Crippen LogP contribution in [0.25, 0.3) is 0 Å². The predicted octanol–water partition coefficient (Wildman–Crippen LogP) is 3.90. The second kappa shape index (κ2) is 6.05. The van der Waals surface area contributed by atoms with Crippen molar-refractivity contribution >= 4 is 23.2 Å². The van der Waals surface area contributed by atoms with Gasteiger partial charge in [0.05, 0.1) is 16.2 Å². The van der Waals surface area contributed by atoms with Gasteiger partial charge in [0.15, 0.2) is 0 Å². The molecule has 0 aliphatic heterocycles. The second-order valence-electron chi connectivity index (χ2n) is 3.69. The molecule has 1 heterocycles. The van der Waals surface area contributed by atoms with Crippen molar-refractivity contribution in [2.45, 2.75) is 6.54 Å². The number of hydrogen-bond acceptors (Lipinski definition) is 3. The molecule has 0 radical (unpaired) electrons. The number of hydrogen-bond donors (Lipinski definition) is 1. The minimum atomic E-state index is 0.466. The summed E-state index contributed by atoms with van der Waals surface area (Å²) in [4.78, 5) is 4.05. The highest BCUT2D eigenvalue weighted by Gasteiger charge is 2.06. The maximum absolute atomic E-state index is 5.94. The zero-order chi connectivity index (χ0) is 13.0. The lowest BCUT2D eigenvalue weighted by molar-refractivity contribution is 0.472. The van der Waals surface area contributed by atoms with E-state index in [9.17, 15) is 0 Å². The van der Waals surface area contributed by atoms with Gasteiger partial charge in [-0.3, -0.25) is 4.98 Å². The van der Waals surface area contributed by atoms with Crippen molar-refractivity contribution in [3.05, 3.63) is 52.3 Å². The van der Waals surface area contributed by atoms with E-state index in [0.717, 1.165) is 5.56 Å². The number of ether oxygens (including phenoxy) is 1. The Labute approximate surface area is 116 Å². The van der Waals surface area contributed by atoms with Crippen LogP contribution in [0.15, 0.2) is 36.7 Å². The van der Waals surface area contributed by atoms with E-state index in [-0.39, 0.29) is 0 Å². The molecule has 5 heteroatoms. The highest BCUT2D eigenvalue weighted by atomic mass is 35.5. The normalized spacial score (nSPS) is 10.4. The van der Waals surface area contributed by atoms with E-state index in [4.69, 9.17) is 27.9 Å². The third-order valence-corrected chi connectivity index (χ3v) is 3.10. The third-order valence-electron chi connectivity index (χ3n) is 2.36. The summed E-state index contributed by atoms with van der Waals surface area (Å²) in [5, 5.41) is 4.05. The first-order chi connectivity index (χ1) is 8.70. The first kappa shape index (κ1) is 13.1. The molecule has 1 N–H and O–H groups in total. The molecule has 0 saturated carbocycles. The van der Waals surface area contributed by atoms with Crippen molar-refractivity contribution in [3.8, 4) is 11.5 Å². The SMILES string of the molecule is CNCc1ccncc1Oc1ccc(Cl)c(Cl)c1. The summed E-state index contributed by atoms with van der Waals surface area (Å²) >= 11 is 11.8. The lowest BCUT2D eigenvalue weighted by atomic mass is 10.2. The van der Waals surface area contributed by atoms with Gasteiger partial charge in [0.25, 0.3) is 0 Å². The van der Waals surface area contributed by atoms with Crippen molar-refractivity contribution in [1.29, 1.82) is 0 Å². The van der Waals surface area contributed by atoms with Gasteiger partial charge >= 0.3 is 0 Å². The van der Waals surface area contributed by atoms with E-state index in [1.54, 1.807) is 30.6 Å². The number of nitrogens with one attached hydrogen (secondary N) is 1. The van der Waals surface area contributed by atoms with Crippen LogP contribution in [0.4, 0.5) is 0 Å². The molecular formula is C13H12Cl2N2O. The van der Waals surface area contributed by atoms with Gasteiger partial charge in [0, 0.05) is 24.4 Å². The van der Waals surface area contributed by atoms with E-state index in [2.05, 4.69) is 10.3 Å². The topological polar surface area (TPSA) is 34.2 Å². The van der Waals surface area contributed by atoms with Crippen LogP contribution in [0.3, 0.4) is 0 Å². The summed E-state index contributed by atoms with van der Waals surface area (Å²) in [6.07, 6.45) is 3.41. The zero-order valence-electron chi connectivity index (χ0n) is 9.78. The molecule has 2 aromatic rings. The second-order valence-corrected chi connectivity index (χ2v) is 4.51. The van der Waals surface area contributed by atoms with Gasteiger partial charge in [-0.2, -0.15) is 0 Å². The molecule has 0 unspecified atom stereocenters. The van der Waals surface area contributed by atoms with E-state index >= 15 is 0 Å². The molecule has 2 rings (SSSR count). The Balaban J connectivity index is 2.25. The van der Waals surface area contributed by atoms with Crippen LogP contribution in [0, 0.1) is 0 Å². The smallest absolute Gasteiger partial charge is 0.150 e. The summed E-state index contributed by atoms with van der Waals surface area (Å²) in [6.45, 7) is 0.708. The van der Waals surface area contributed by atoms with Gasteiger partial charge in [0.1, 0.15) is 11.5 Å². The lowest BCUT2D eigenvalue weighted by Gasteiger charge is -2.10. The van der Waals surface area contributed by atoms with Crippen LogP contribution in [0.2, 0.25) is 10.0 Å². The van der Waals surface area contributed by atoms with Crippen molar-refractivity contribution in [2.75, 3.05) is 7.05 Å². The highest BCUT2D eigenvalue weighted by Crippen LogP contribution is 2.30. The molecular weight excluding hydrogens is 271 g/mol. The van der Waals surface area contributed by atoms with Crippen molar-refractivity contribution in [3.63, 3.8) is 0 Å². The Morgan fingerprint density at radius 3 is 2.78 bits per heavy atom. The fourth-order valence-corrected chi connectivity index (χ4v) is 1.79. The molecule has 1 aromatic carbocycles. The van der Waals surface area contributed by atoms with Crippen molar-refractivity contribution < 1.29 is 4.74 Å². The molecule has 0 amide bonds. The monoisotopic (exact) mass is 282 g/mol. The van der Waals surface area contributed by atoms with Gasteiger partial charge in [-0.05, 0) is 25.2 Å². The molecule has 0 bridgehead atoms. The minimum Gasteiger partial charge on any atom is -0.455 e. The summed E-state index contributed by atoms with van der Waals surface area (Å²) in [7, 11) is 1.88. The van der Waals surface area contributed by atoms with Gasteiger partial charge < -0.3 is 10.1 Å². The van der Waals surface area contributed by atoms with Gasteiger partial charge in [-0.1, -0.05) is 23.2 Å². The minimum absolute atomic E-state index is 0.466. The van der Waals surface area contributed by atoms with Gasteiger partial charge in [0.2, 0.25) is 0 Å². The molecule has 94 valence electrons. The number of halogens is 2.